The largest absolute Gasteiger partial charge is 0.463 e. The predicted octanol–water partition coefficient (Wildman–Crippen LogP) is 2.44. The van der Waals surface area contributed by atoms with Gasteiger partial charge >= 0.3 is 0 Å². The third kappa shape index (κ3) is 3.00. The number of hydrogen-bond donors (Lipinski definition) is 0. The molecule has 1 fully saturated rings. The SMILES string of the molecule is C=C(c1ccco1)N1CCN(C(=O)C(C)(C)C)CC1. The maximum atomic E-state index is 12.2. The fourth-order valence-corrected chi connectivity index (χ4v) is 2.25. The summed E-state index contributed by atoms with van der Waals surface area (Å²) in [5.74, 6) is 1.02. The zero-order valence-electron chi connectivity index (χ0n) is 12.0. The van der Waals surface area contributed by atoms with Crippen molar-refractivity contribution in [3.63, 3.8) is 0 Å². The molecule has 1 saturated heterocycles. The Labute approximate surface area is 114 Å². The van der Waals surface area contributed by atoms with Crippen LogP contribution in [-0.2, 0) is 4.79 Å². The first-order chi connectivity index (χ1) is 8.89. The molecule has 0 bridgehead atoms. The fourth-order valence-electron chi connectivity index (χ4n) is 2.25. The van der Waals surface area contributed by atoms with Crippen LogP contribution in [0.5, 0.6) is 0 Å². The number of hydrogen-bond acceptors (Lipinski definition) is 3. The lowest BCUT2D eigenvalue weighted by Crippen LogP contribution is -2.50. The Morgan fingerprint density at radius 3 is 2.26 bits per heavy atom. The maximum Gasteiger partial charge on any atom is 0.228 e. The van der Waals surface area contributed by atoms with Crippen LogP contribution < -0.4 is 0 Å². The first kappa shape index (κ1) is 13.7. The van der Waals surface area contributed by atoms with Gasteiger partial charge in [0.2, 0.25) is 5.91 Å². The predicted molar refractivity (Wildman–Crippen MR) is 75.4 cm³/mol. The van der Waals surface area contributed by atoms with E-state index in [2.05, 4.69) is 11.5 Å². The Hall–Kier alpha value is -1.71. The van der Waals surface area contributed by atoms with Gasteiger partial charge in [-0.1, -0.05) is 27.4 Å². The van der Waals surface area contributed by atoms with E-state index >= 15 is 0 Å². The summed E-state index contributed by atoms with van der Waals surface area (Å²) in [6.07, 6.45) is 1.65. The lowest BCUT2D eigenvalue weighted by molar-refractivity contribution is -0.140. The molecule has 104 valence electrons. The van der Waals surface area contributed by atoms with Crippen LogP contribution in [-0.4, -0.2) is 41.9 Å². The minimum absolute atomic E-state index is 0.218. The van der Waals surface area contributed by atoms with Gasteiger partial charge in [0.05, 0.1) is 12.0 Å². The maximum absolute atomic E-state index is 12.2. The fraction of sp³-hybridized carbons (Fsp3) is 0.533. The number of piperazine rings is 1. The van der Waals surface area contributed by atoms with Crippen molar-refractivity contribution in [3.8, 4) is 0 Å². The number of furan rings is 1. The van der Waals surface area contributed by atoms with Crippen molar-refractivity contribution in [2.24, 2.45) is 5.41 Å². The van der Waals surface area contributed by atoms with Gasteiger partial charge in [-0.15, -0.1) is 0 Å². The third-order valence-electron chi connectivity index (χ3n) is 3.40. The summed E-state index contributed by atoms with van der Waals surface area (Å²) >= 11 is 0. The Bertz CT molecular complexity index is 449. The second-order valence-electron chi connectivity index (χ2n) is 5.95. The van der Waals surface area contributed by atoms with E-state index in [-0.39, 0.29) is 11.3 Å². The van der Waals surface area contributed by atoms with E-state index in [0.29, 0.717) is 0 Å². The molecule has 4 nitrogen and oxygen atoms in total. The minimum atomic E-state index is -0.305. The highest BCUT2D eigenvalue weighted by Crippen LogP contribution is 2.22. The highest BCUT2D eigenvalue weighted by Gasteiger charge is 2.30. The molecule has 1 amide bonds. The highest BCUT2D eigenvalue weighted by atomic mass is 16.3. The Morgan fingerprint density at radius 2 is 1.79 bits per heavy atom. The molecule has 1 aliphatic heterocycles. The van der Waals surface area contributed by atoms with Gasteiger partial charge in [-0.2, -0.15) is 0 Å². The van der Waals surface area contributed by atoms with E-state index in [1.54, 1.807) is 6.26 Å². The molecule has 0 aromatic carbocycles. The molecule has 0 unspecified atom stereocenters. The molecule has 0 N–H and O–H groups in total. The average molecular weight is 262 g/mol. The summed E-state index contributed by atoms with van der Waals surface area (Å²) in [4.78, 5) is 16.3. The van der Waals surface area contributed by atoms with Crippen molar-refractivity contribution < 1.29 is 9.21 Å². The normalized spacial score (nSPS) is 16.6. The van der Waals surface area contributed by atoms with Crippen molar-refractivity contribution in [1.29, 1.82) is 0 Å². The Kier molecular flexibility index (Phi) is 3.69. The molecule has 0 spiro atoms. The van der Waals surface area contributed by atoms with E-state index < -0.39 is 0 Å². The monoisotopic (exact) mass is 262 g/mol. The minimum Gasteiger partial charge on any atom is -0.463 e. The van der Waals surface area contributed by atoms with Crippen LogP contribution in [0.2, 0.25) is 0 Å². The molecule has 4 heteroatoms. The second kappa shape index (κ2) is 5.11. The zero-order valence-corrected chi connectivity index (χ0v) is 12.0. The molecule has 1 aromatic rings. The van der Waals surface area contributed by atoms with E-state index in [1.165, 1.54) is 0 Å². The third-order valence-corrected chi connectivity index (χ3v) is 3.40. The average Bonchev–Trinajstić information content (AvgIpc) is 2.90. The van der Waals surface area contributed by atoms with Crippen LogP contribution in [0.1, 0.15) is 26.5 Å². The second-order valence-corrected chi connectivity index (χ2v) is 5.95. The van der Waals surface area contributed by atoms with Gasteiger partial charge in [-0.05, 0) is 12.1 Å². The van der Waals surface area contributed by atoms with E-state index in [9.17, 15) is 4.79 Å². The number of carbonyl (C=O) groups is 1. The first-order valence-electron chi connectivity index (χ1n) is 6.66. The van der Waals surface area contributed by atoms with Crippen molar-refractivity contribution in [1.82, 2.24) is 9.80 Å². The summed E-state index contributed by atoms with van der Waals surface area (Å²) < 4.78 is 5.36. The highest BCUT2D eigenvalue weighted by molar-refractivity contribution is 5.81. The molecule has 2 rings (SSSR count). The molecular weight excluding hydrogens is 240 g/mol. The number of rotatable bonds is 2. The summed E-state index contributed by atoms with van der Waals surface area (Å²) in [7, 11) is 0. The summed E-state index contributed by atoms with van der Waals surface area (Å²) in [6, 6.07) is 3.77. The Morgan fingerprint density at radius 1 is 1.21 bits per heavy atom. The molecule has 0 saturated carbocycles. The van der Waals surface area contributed by atoms with Crippen molar-refractivity contribution >= 4 is 11.6 Å². The summed E-state index contributed by atoms with van der Waals surface area (Å²) in [5, 5.41) is 0. The molecule has 19 heavy (non-hydrogen) atoms. The lowest BCUT2D eigenvalue weighted by atomic mass is 9.94. The molecule has 0 atom stereocenters. The van der Waals surface area contributed by atoms with Crippen LogP contribution in [0.25, 0.3) is 5.70 Å². The van der Waals surface area contributed by atoms with Crippen molar-refractivity contribution in [2.75, 3.05) is 26.2 Å². The summed E-state index contributed by atoms with van der Waals surface area (Å²) in [6.45, 7) is 13.1. The topological polar surface area (TPSA) is 36.7 Å². The van der Waals surface area contributed by atoms with Gasteiger partial charge in [0, 0.05) is 31.6 Å². The lowest BCUT2D eigenvalue weighted by Gasteiger charge is -2.38. The Balaban J connectivity index is 1.93. The smallest absolute Gasteiger partial charge is 0.228 e. The van der Waals surface area contributed by atoms with E-state index in [4.69, 9.17) is 4.42 Å². The van der Waals surface area contributed by atoms with Gasteiger partial charge in [-0.25, -0.2) is 0 Å². The zero-order chi connectivity index (χ0) is 14.0. The number of amides is 1. The van der Waals surface area contributed by atoms with Crippen LogP contribution in [0.15, 0.2) is 29.4 Å². The van der Waals surface area contributed by atoms with Gasteiger partial charge < -0.3 is 14.2 Å². The van der Waals surface area contributed by atoms with Crippen LogP contribution >= 0.6 is 0 Å². The number of nitrogens with zero attached hydrogens (tertiary/aromatic N) is 2. The molecule has 0 aliphatic carbocycles. The van der Waals surface area contributed by atoms with E-state index in [1.807, 2.05) is 37.8 Å². The van der Waals surface area contributed by atoms with Gasteiger partial charge in [-0.3, -0.25) is 4.79 Å². The van der Waals surface area contributed by atoms with Crippen LogP contribution in [0.4, 0.5) is 0 Å². The molecule has 2 heterocycles. The molecular formula is C15H22N2O2. The quantitative estimate of drug-likeness (QED) is 0.821. The first-order valence-corrected chi connectivity index (χ1v) is 6.66. The van der Waals surface area contributed by atoms with Crippen molar-refractivity contribution in [2.45, 2.75) is 20.8 Å². The van der Waals surface area contributed by atoms with Crippen molar-refractivity contribution in [3.05, 3.63) is 30.7 Å². The van der Waals surface area contributed by atoms with Gasteiger partial charge in [0.15, 0.2) is 0 Å². The molecule has 0 radical (unpaired) electrons. The summed E-state index contributed by atoms with van der Waals surface area (Å²) in [5.41, 5.74) is 0.591. The molecule has 1 aromatic heterocycles. The van der Waals surface area contributed by atoms with Gasteiger partial charge in [0.25, 0.3) is 0 Å². The van der Waals surface area contributed by atoms with Crippen LogP contribution in [0, 0.1) is 5.41 Å². The van der Waals surface area contributed by atoms with Gasteiger partial charge in [0.1, 0.15) is 5.76 Å². The number of carbonyl (C=O) groups excluding carboxylic acids is 1. The standard InChI is InChI=1S/C15H22N2O2/c1-12(13-6-5-11-19-13)16-7-9-17(10-8-16)14(18)15(2,3)4/h5-6,11H,1,7-10H2,2-4H3. The molecule has 1 aliphatic rings. The van der Waals surface area contributed by atoms with Crippen LogP contribution in [0.3, 0.4) is 0 Å². The van der Waals surface area contributed by atoms with E-state index in [0.717, 1.165) is 37.6 Å².